The number of hydrogen-bond donors (Lipinski definition) is 1. The highest BCUT2D eigenvalue weighted by atomic mass is 16.4. The van der Waals surface area contributed by atoms with Crippen LogP contribution in [0.3, 0.4) is 0 Å². The molecule has 0 saturated carbocycles. The molecule has 6 heteroatoms. The van der Waals surface area contributed by atoms with Gasteiger partial charge >= 0.3 is 5.97 Å². The molecular formula is C14H21N3O3. The average Bonchev–Trinajstić information content (AvgIpc) is 3.10. The molecule has 0 radical (unpaired) electrons. The number of aromatic carboxylic acids is 1. The van der Waals surface area contributed by atoms with Gasteiger partial charge in [0.2, 0.25) is 0 Å². The molecule has 0 unspecified atom stereocenters. The summed E-state index contributed by atoms with van der Waals surface area (Å²) in [4.78, 5) is 19.4. The first-order chi connectivity index (χ1) is 9.72. The number of nitrogens with zero attached hydrogens (tertiary/aromatic N) is 3. The Labute approximate surface area is 118 Å². The molecule has 1 aromatic heterocycles. The van der Waals surface area contributed by atoms with Gasteiger partial charge in [-0.25, -0.2) is 4.79 Å². The Morgan fingerprint density at radius 2 is 2.00 bits per heavy atom. The molecule has 2 saturated heterocycles. The van der Waals surface area contributed by atoms with Gasteiger partial charge in [0.05, 0.1) is 0 Å². The third-order valence-electron chi connectivity index (χ3n) is 4.31. The van der Waals surface area contributed by atoms with E-state index < -0.39 is 5.97 Å². The van der Waals surface area contributed by atoms with Crippen LogP contribution in [0.5, 0.6) is 0 Å². The molecular weight excluding hydrogens is 258 g/mol. The van der Waals surface area contributed by atoms with Crippen molar-refractivity contribution >= 4 is 12.0 Å². The van der Waals surface area contributed by atoms with Crippen molar-refractivity contribution in [2.75, 3.05) is 37.6 Å². The summed E-state index contributed by atoms with van der Waals surface area (Å²) in [6, 6.07) is 0.446. The van der Waals surface area contributed by atoms with Crippen LogP contribution in [0.2, 0.25) is 0 Å². The molecule has 0 amide bonds. The highest BCUT2D eigenvalue weighted by Crippen LogP contribution is 2.24. The van der Waals surface area contributed by atoms with Crippen molar-refractivity contribution in [2.24, 2.45) is 5.92 Å². The van der Waals surface area contributed by atoms with E-state index >= 15 is 0 Å². The Morgan fingerprint density at radius 3 is 2.60 bits per heavy atom. The summed E-state index contributed by atoms with van der Waals surface area (Å²) in [5.74, 6) is -0.290. The standard InChI is InChI=1S/C14H21N3O3/c18-13(19)12-10-20-14(15-12)17-7-3-11(4-8-17)9-16-5-1-2-6-16/h10-11H,1-9H2,(H,18,19). The monoisotopic (exact) mass is 279 g/mol. The van der Waals surface area contributed by atoms with Gasteiger partial charge in [-0.05, 0) is 44.7 Å². The van der Waals surface area contributed by atoms with Gasteiger partial charge in [0.1, 0.15) is 6.26 Å². The van der Waals surface area contributed by atoms with Gasteiger partial charge in [-0.2, -0.15) is 4.98 Å². The van der Waals surface area contributed by atoms with E-state index in [1.165, 1.54) is 38.7 Å². The van der Waals surface area contributed by atoms with E-state index in [9.17, 15) is 4.79 Å². The zero-order valence-electron chi connectivity index (χ0n) is 11.6. The Kier molecular flexibility index (Phi) is 3.91. The first-order valence-corrected chi connectivity index (χ1v) is 7.38. The number of hydrogen-bond acceptors (Lipinski definition) is 5. The van der Waals surface area contributed by atoms with Gasteiger partial charge in [-0.3, -0.25) is 0 Å². The lowest BCUT2D eigenvalue weighted by molar-refractivity contribution is 0.0690. The molecule has 0 aromatic carbocycles. The fourth-order valence-corrected chi connectivity index (χ4v) is 3.14. The molecule has 0 bridgehead atoms. The number of likely N-dealkylation sites (tertiary alicyclic amines) is 1. The van der Waals surface area contributed by atoms with Crippen molar-refractivity contribution in [3.8, 4) is 0 Å². The SMILES string of the molecule is O=C(O)c1coc(N2CCC(CN3CCCC3)CC2)n1. The summed E-state index contributed by atoms with van der Waals surface area (Å²) in [6.07, 6.45) is 6.15. The van der Waals surface area contributed by atoms with Crippen molar-refractivity contribution in [3.63, 3.8) is 0 Å². The van der Waals surface area contributed by atoms with Crippen LogP contribution in [0.25, 0.3) is 0 Å². The second-order valence-electron chi connectivity index (χ2n) is 5.76. The minimum Gasteiger partial charge on any atom is -0.476 e. The fraction of sp³-hybridized carbons (Fsp3) is 0.714. The summed E-state index contributed by atoms with van der Waals surface area (Å²) in [6.45, 7) is 5.51. The van der Waals surface area contributed by atoms with E-state index in [0.717, 1.165) is 31.8 Å². The normalized spacial score (nSPS) is 21.5. The number of anilines is 1. The molecule has 1 aromatic rings. The van der Waals surface area contributed by atoms with E-state index in [0.29, 0.717) is 6.01 Å². The number of rotatable bonds is 4. The second-order valence-corrected chi connectivity index (χ2v) is 5.76. The van der Waals surface area contributed by atoms with Crippen molar-refractivity contribution in [1.82, 2.24) is 9.88 Å². The number of aromatic nitrogens is 1. The fourth-order valence-electron chi connectivity index (χ4n) is 3.14. The molecule has 3 heterocycles. The first kappa shape index (κ1) is 13.4. The van der Waals surface area contributed by atoms with Crippen LogP contribution < -0.4 is 4.90 Å². The van der Waals surface area contributed by atoms with Crippen molar-refractivity contribution in [1.29, 1.82) is 0 Å². The molecule has 1 N–H and O–H groups in total. The summed E-state index contributed by atoms with van der Waals surface area (Å²) in [5.41, 5.74) is -0.0146. The predicted molar refractivity (Wildman–Crippen MR) is 74.1 cm³/mol. The number of carbonyl (C=O) groups is 1. The summed E-state index contributed by atoms with van der Waals surface area (Å²) >= 11 is 0. The minimum absolute atomic E-state index is 0.0146. The predicted octanol–water partition coefficient (Wildman–Crippen LogP) is 1.69. The van der Waals surface area contributed by atoms with E-state index in [2.05, 4.69) is 9.88 Å². The van der Waals surface area contributed by atoms with Crippen LogP contribution in [-0.2, 0) is 0 Å². The summed E-state index contributed by atoms with van der Waals surface area (Å²) in [7, 11) is 0. The first-order valence-electron chi connectivity index (χ1n) is 7.38. The Morgan fingerprint density at radius 1 is 1.30 bits per heavy atom. The molecule has 2 aliphatic rings. The maximum atomic E-state index is 10.8. The lowest BCUT2D eigenvalue weighted by atomic mass is 9.96. The molecule has 0 atom stereocenters. The highest BCUT2D eigenvalue weighted by Gasteiger charge is 2.25. The van der Waals surface area contributed by atoms with Gasteiger partial charge in [-0.15, -0.1) is 0 Å². The molecule has 110 valence electrons. The zero-order chi connectivity index (χ0) is 13.9. The Hall–Kier alpha value is -1.56. The van der Waals surface area contributed by atoms with Crippen molar-refractivity contribution < 1.29 is 14.3 Å². The van der Waals surface area contributed by atoms with Gasteiger partial charge in [0.25, 0.3) is 6.01 Å². The lowest BCUT2D eigenvalue weighted by Gasteiger charge is -2.32. The molecule has 20 heavy (non-hydrogen) atoms. The van der Waals surface area contributed by atoms with E-state index in [1.807, 2.05) is 4.90 Å². The third kappa shape index (κ3) is 2.95. The minimum atomic E-state index is -1.04. The van der Waals surface area contributed by atoms with Gasteiger partial charge in [0.15, 0.2) is 5.69 Å². The van der Waals surface area contributed by atoms with E-state index in [1.54, 1.807) is 0 Å². The quantitative estimate of drug-likeness (QED) is 0.904. The molecule has 2 aliphatic heterocycles. The molecule has 6 nitrogen and oxygen atoms in total. The van der Waals surface area contributed by atoms with E-state index in [4.69, 9.17) is 9.52 Å². The summed E-state index contributed by atoms with van der Waals surface area (Å²) in [5, 5.41) is 8.85. The van der Waals surface area contributed by atoms with Gasteiger partial charge < -0.3 is 19.3 Å². The van der Waals surface area contributed by atoms with Crippen LogP contribution in [0.4, 0.5) is 6.01 Å². The number of carboxylic acids is 1. The van der Waals surface area contributed by atoms with E-state index in [-0.39, 0.29) is 5.69 Å². The average molecular weight is 279 g/mol. The van der Waals surface area contributed by atoms with Crippen molar-refractivity contribution in [3.05, 3.63) is 12.0 Å². The maximum Gasteiger partial charge on any atom is 0.357 e. The molecule has 2 fully saturated rings. The Balaban J connectivity index is 1.51. The third-order valence-corrected chi connectivity index (χ3v) is 4.31. The Bertz CT molecular complexity index is 460. The van der Waals surface area contributed by atoms with Crippen LogP contribution in [-0.4, -0.2) is 53.7 Å². The maximum absolute atomic E-state index is 10.8. The van der Waals surface area contributed by atoms with Crippen LogP contribution in [0.1, 0.15) is 36.2 Å². The van der Waals surface area contributed by atoms with Crippen LogP contribution in [0.15, 0.2) is 10.7 Å². The number of carboxylic acid groups (broad SMARTS) is 1. The lowest BCUT2D eigenvalue weighted by Crippen LogP contribution is -2.38. The summed E-state index contributed by atoms with van der Waals surface area (Å²) < 4.78 is 5.26. The zero-order valence-corrected chi connectivity index (χ0v) is 11.6. The number of piperidine rings is 1. The molecule has 0 spiro atoms. The van der Waals surface area contributed by atoms with Gasteiger partial charge in [-0.1, -0.05) is 0 Å². The highest BCUT2D eigenvalue weighted by molar-refractivity contribution is 5.85. The van der Waals surface area contributed by atoms with Crippen molar-refractivity contribution in [2.45, 2.75) is 25.7 Å². The second kappa shape index (κ2) is 5.83. The molecule has 0 aliphatic carbocycles. The number of oxazole rings is 1. The largest absolute Gasteiger partial charge is 0.476 e. The van der Waals surface area contributed by atoms with Gasteiger partial charge in [0, 0.05) is 19.6 Å². The molecule has 3 rings (SSSR count). The topological polar surface area (TPSA) is 69.8 Å². The van der Waals surface area contributed by atoms with Crippen LogP contribution in [0, 0.1) is 5.92 Å². The van der Waals surface area contributed by atoms with Crippen LogP contribution >= 0.6 is 0 Å². The smallest absolute Gasteiger partial charge is 0.357 e.